The lowest BCUT2D eigenvalue weighted by atomic mass is 10.1. The Morgan fingerprint density at radius 1 is 0.571 bits per heavy atom. The van der Waals surface area contributed by atoms with Crippen LogP contribution in [0.1, 0.15) is 155 Å². The molecule has 0 aliphatic rings. The standard InChI is InChI=1S/C46H78NO8P/c1-4-6-8-10-12-14-16-18-20-21-22-23-25-26-28-30-32-34-36-38-45(48)52-42-44(43-54-56(50,51)53-41-40-47-3)55-46(49)39-37-35-33-31-29-27-24-19-17-15-13-11-9-7-5-2/h6,8,12,14-15,17-18,20,22-23,26,28,32,34,44,47H,4-5,7,9-11,13,16,19,21,24-25,27,29-31,33,35-43H2,1-3H3,(H,50,51)/b8-6-,14-12-,17-15-,20-18-,23-22-,28-26-,34-32-. The molecule has 56 heavy (non-hydrogen) atoms. The zero-order chi connectivity index (χ0) is 41.1. The van der Waals surface area contributed by atoms with E-state index in [9.17, 15) is 19.0 Å². The second-order valence-electron chi connectivity index (χ2n) is 13.8. The molecule has 0 aromatic carbocycles. The monoisotopic (exact) mass is 804 g/mol. The molecule has 10 heteroatoms. The summed E-state index contributed by atoms with van der Waals surface area (Å²) in [4.78, 5) is 35.0. The lowest BCUT2D eigenvalue weighted by Gasteiger charge is -2.20. The predicted octanol–water partition coefficient (Wildman–Crippen LogP) is 12.3. The van der Waals surface area contributed by atoms with Crippen molar-refractivity contribution in [2.24, 2.45) is 0 Å². The predicted molar refractivity (Wildman–Crippen MR) is 233 cm³/mol. The van der Waals surface area contributed by atoms with E-state index < -0.39 is 32.5 Å². The minimum absolute atomic E-state index is 0.0332. The Hall–Kier alpha value is -2.81. The quantitative estimate of drug-likeness (QED) is 0.0271. The van der Waals surface area contributed by atoms with Gasteiger partial charge in [-0.3, -0.25) is 18.6 Å². The number of rotatable bonds is 39. The van der Waals surface area contributed by atoms with Crippen LogP contribution in [0, 0.1) is 0 Å². The molecule has 2 unspecified atom stereocenters. The third-order valence-electron chi connectivity index (χ3n) is 8.51. The Bertz CT molecular complexity index is 1190. The highest BCUT2D eigenvalue weighted by molar-refractivity contribution is 7.47. The number of hydrogen-bond acceptors (Lipinski definition) is 8. The molecule has 2 N–H and O–H groups in total. The molecule has 0 aliphatic carbocycles. The van der Waals surface area contributed by atoms with Crippen LogP contribution in [0.4, 0.5) is 0 Å². The number of ether oxygens (including phenoxy) is 2. The van der Waals surface area contributed by atoms with Crippen LogP contribution >= 0.6 is 7.82 Å². The molecule has 0 fully saturated rings. The van der Waals surface area contributed by atoms with Crippen molar-refractivity contribution in [2.75, 3.05) is 33.4 Å². The number of nitrogens with one attached hydrogen (secondary N) is 1. The Morgan fingerprint density at radius 3 is 1.59 bits per heavy atom. The SMILES string of the molecule is CC/C=C\C/C=C\C/C=C\C/C=C\C/C=C\C/C=C\CCC(=O)OCC(COP(=O)(O)OCCNC)OC(=O)CCCCCCCCC/C=C\CCCCCC. The summed E-state index contributed by atoms with van der Waals surface area (Å²) in [6, 6.07) is 0. The molecule has 0 heterocycles. The zero-order valence-corrected chi connectivity index (χ0v) is 36.2. The molecular weight excluding hydrogens is 725 g/mol. The van der Waals surface area contributed by atoms with E-state index in [1.807, 2.05) is 12.2 Å². The Morgan fingerprint density at radius 2 is 1.05 bits per heavy atom. The number of allylic oxidation sites excluding steroid dienone is 14. The summed E-state index contributed by atoms with van der Waals surface area (Å²) < 4.78 is 33.1. The highest BCUT2D eigenvalue weighted by atomic mass is 31.2. The Labute approximate surface area is 341 Å². The fourth-order valence-corrected chi connectivity index (χ4v) is 6.03. The van der Waals surface area contributed by atoms with Crippen LogP contribution in [0.2, 0.25) is 0 Å². The molecule has 0 saturated heterocycles. The maximum absolute atomic E-state index is 12.6. The number of phosphoric acid groups is 1. The number of esters is 2. The second kappa shape index (κ2) is 41.8. The summed E-state index contributed by atoms with van der Waals surface area (Å²) in [6.07, 6.45) is 50.7. The molecule has 320 valence electrons. The molecule has 0 spiro atoms. The van der Waals surface area contributed by atoms with Crippen molar-refractivity contribution in [3.05, 3.63) is 85.1 Å². The van der Waals surface area contributed by atoms with Gasteiger partial charge in [0.2, 0.25) is 0 Å². The van der Waals surface area contributed by atoms with Crippen LogP contribution < -0.4 is 5.32 Å². The van der Waals surface area contributed by atoms with Crippen molar-refractivity contribution < 1.29 is 37.6 Å². The number of carbonyl (C=O) groups is 2. The highest BCUT2D eigenvalue weighted by Gasteiger charge is 2.26. The summed E-state index contributed by atoms with van der Waals surface area (Å²) in [5.74, 6) is -0.917. The first-order valence-electron chi connectivity index (χ1n) is 21.5. The average Bonchev–Trinajstić information content (AvgIpc) is 3.18. The van der Waals surface area contributed by atoms with Crippen molar-refractivity contribution in [2.45, 2.75) is 161 Å². The highest BCUT2D eigenvalue weighted by Crippen LogP contribution is 2.43. The van der Waals surface area contributed by atoms with E-state index >= 15 is 0 Å². The third kappa shape index (κ3) is 40.8. The van der Waals surface area contributed by atoms with Gasteiger partial charge in [0.05, 0.1) is 13.2 Å². The van der Waals surface area contributed by atoms with Crippen LogP contribution in [-0.2, 0) is 32.7 Å². The zero-order valence-electron chi connectivity index (χ0n) is 35.3. The van der Waals surface area contributed by atoms with Crippen LogP contribution in [0.25, 0.3) is 0 Å². The van der Waals surface area contributed by atoms with Gasteiger partial charge in [0.25, 0.3) is 0 Å². The van der Waals surface area contributed by atoms with Gasteiger partial charge in [-0.1, -0.05) is 150 Å². The van der Waals surface area contributed by atoms with Crippen molar-refractivity contribution in [1.29, 1.82) is 0 Å². The summed E-state index contributed by atoms with van der Waals surface area (Å²) in [5.41, 5.74) is 0. The fourth-order valence-electron chi connectivity index (χ4n) is 5.28. The van der Waals surface area contributed by atoms with Gasteiger partial charge in [-0.15, -0.1) is 0 Å². The average molecular weight is 804 g/mol. The van der Waals surface area contributed by atoms with E-state index in [-0.39, 0.29) is 26.1 Å². The second-order valence-corrected chi connectivity index (χ2v) is 15.2. The van der Waals surface area contributed by atoms with E-state index in [2.05, 4.69) is 92.1 Å². The third-order valence-corrected chi connectivity index (χ3v) is 9.50. The van der Waals surface area contributed by atoms with E-state index in [0.29, 0.717) is 19.4 Å². The number of likely N-dealkylation sites (N-methyl/N-ethyl adjacent to an activating group) is 1. The lowest BCUT2D eigenvalue weighted by molar-refractivity contribution is -0.161. The first-order valence-corrected chi connectivity index (χ1v) is 23.0. The van der Waals surface area contributed by atoms with Gasteiger partial charge in [0.15, 0.2) is 6.10 Å². The summed E-state index contributed by atoms with van der Waals surface area (Å²) in [5, 5.41) is 2.81. The Kier molecular flexibility index (Phi) is 39.7. The van der Waals surface area contributed by atoms with Crippen molar-refractivity contribution in [3.63, 3.8) is 0 Å². The smallest absolute Gasteiger partial charge is 0.462 e. The minimum Gasteiger partial charge on any atom is -0.462 e. The van der Waals surface area contributed by atoms with E-state index in [4.69, 9.17) is 18.5 Å². The topological polar surface area (TPSA) is 120 Å². The van der Waals surface area contributed by atoms with Gasteiger partial charge < -0.3 is 19.7 Å². The van der Waals surface area contributed by atoms with E-state index in [1.54, 1.807) is 7.05 Å². The summed E-state index contributed by atoms with van der Waals surface area (Å²) in [7, 11) is -2.68. The largest absolute Gasteiger partial charge is 0.472 e. The number of carbonyl (C=O) groups excluding carboxylic acids is 2. The number of phosphoric ester groups is 1. The minimum atomic E-state index is -4.37. The van der Waals surface area contributed by atoms with Gasteiger partial charge in [-0.25, -0.2) is 4.57 Å². The van der Waals surface area contributed by atoms with Gasteiger partial charge >= 0.3 is 19.8 Å². The van der Waals surface area contributed by atoms with E-state index in [0.717, 1.165) is 64.2 Å². The van der Waals surface area contributed by atoms with Crippen LogP contribution in [-0.4, -0.2) is 56.3 Å². The molecule has 0 saturated carbocycles. The number of hydrogen-bond donors (Lipinski definition) is 2. The first-order chi connectivity index (χ1) is 27.3. The van der Waals surface area contributed by atoms with Gasteiger partial charge in [-0.05, 0) is 84.1 Å². The van der Waals surface area contributed by atoms with Gasteiger partial charge in [-0.2, -0.15) is 0 Å². The molecule has 0 aromatic heterocycles. The Balaban J connectivity index is 4.37. The fraction of sp³-hybridized carbons (Fsp3) is 0.652. The van der Waals surface area contributed by atoms with Gasteiger partial charge in [0, 0.05) is 19.4 Å². The van der Waals surface area contributed by atoms with Crippen molar-refractivity contribution >= 4 is 19.8 Å². The molecule has 2 atom stereocenters. The maximum Gasteiger partial charge on any atom is 0.472 e. The molecule has 0 aromatic rings. The van der Waals surface area contributed by atoms with Crippen LogP contribution in [0.5, 0.6) is 0 Å². The molecule has 0 aliphatic heterocycles. The summed E-state index contributed by atoms with van der Waals surface area (Å²) >= 11 is 0. The molecule has 0 bridgehead atoms. The maximum atomic E-state index is 12.6. The van der Waals surface area contributed by atoms with Crippen LogP contribution in [0.15, 0.2) is 85.1 Å². The molecule has 0 amide bonds. The lowest BCUT2D eigenvalue weighted by Crippen LogP contribution is -2.29. The molecule has 0 radical (unpaired) electrons. The van der Waals surface area contributed by atoms with E-state index in [1.165, 1.54) is 51.4 Å². The first kappa shape index (κ1) is 53.2. The van der Waals surface area contributed by atoms with Crippen molar-refractivity contribution in [1.82, 2.24) is 5.32 Å². The molecular formula is C46H78NO8P. The molecule has 0 rings (SSSR count). The van der Waals surface area contributed by atoms with Gasteiger partial charge in [0.1, 0.15) is 6.61 Å². The number of unbranched alkanes of at least 4 members (excludes halogenated alkanes) is 11. The summed E-state index contributed by atoms with van der Waals surface area (Å²) in [6.45, 7) is 3.99. The van der Waals surface area contributed by atoms with Crippen molar-refractivity contribution in [3.8, 4) is 0 Å². The normalized spacial score (nSPS) is 14.1. The molecule has 9 nitrogen and oxygen atoms in total. The van der Waals surface area contributed by atoms with Crippen LogP contribution in [0.3, 0.4) is 0 Å².